The van der Waals surface area contributed by atoms with Crippen LogP contribution in [0.15, 0.2) is 54.6 Å². The number of hydrogen-bond donors (Lipinski definition) is 0. The van der Waals surface area contributed by atoms with Gasteiger partial charge in [0.2, 0.25) is 0 Å². The second-order valence-corrected chi connectivity index (χ2v) is 6.91. The number of carbonyl (C=O) groups is 2. The molecule has 1 aliphatic rings. The molecule has 0 aliphatic heterocycles. The average Bonchev–Trinajstić information content (AvgIpc) is 2.68. The molecule has 3 rings (SSSR count). The minimum Gasteiger partial charge on any atom is -0.426 e. The van der Waals surface area contributed by atoms with Gasteiger partial charge >= 0.3 is 5.97 Å². The van der Waals surface area contributed by atoms with Gasteiger partial charge in [-0.25, -0.2) is 0 Å². The quantitative estimate of drug-likeness (QED) is 0.293. The zero-order chi connectivity index (χ0) is 18.4. The summed E-state index contributed by atoms with van der Waals surface area (Å²) in [5, 5.41) is 0.599. The van der Waals surface area contributed by atoms with Crippen molar-refractivity contribution in [2.75, 3.05) is 0 Å². The van der Waals surface area contributed by atoms with Gasteiger partial charge in [-0.1, -0.05) is 49.1 Å². The van der Waals surface area contributed by atoms with Crippen LogP contribution in [0.2, 0.25) is 5.02 Å². The molecule has 0 amide bonds. The van der Waals surface area contributed by atoms with E-state index in [1.807, 2.05) is 18.2 Å². The summed E-state index contributed by atoms with van der Waals surface area (Å²) in [5.74, 6) is 0.188. The zero-order valence-corrected chi connectivity index (χ0v) is 15.2. The largest absolute Gasteiger partial charge is 0.426 e. The zero-order valence-electron chi connectivity index (χ0n) is 14.5. The fraction of sp³-hybridized carbons (Fsp3) is 0.273. The van der Waals surface area contributed by atoms with Crippen LogP contribution < -0.4 is 4.74 Å². The fourth-order valence-corrected chi connectivity index (χ4v) is 3.30. The summed E-state index contributed by atoms with van der Waals surface area (Å²) in [4.78, 5) is 24.4. The van der Waals surface area contributed by atoms with Gasteiger partial charge in [-0.15, -0.1) is 0 Å². The lowest BCUT2D eigenvalue weighted by Crippen LogP contribution is -2.22. The maximum atomic E-state index is 12.3. The number of ketones is 1. The number of carbonyl (C=O) groups excluding carboxylic acids is 2. The highest BCUT2D eigenvalue weighted by atomic mass is 35.5. The van der Waals surface area contributed by atoms with Crippen LogP contribution in [-0.4, -0.2) is 11.8 Å². The predicted octanol–water partition coefficient (Wildman–Crippen LogP) is 5.72. The van der Waals surface area contributed by atoms with Crippen molar-refractivity contribution in [3.63, 3.8) is 0 Å². The van der Waals surface area contributed by atoms with Gasteiger partial charge in [-0.3, -0.25) is 9.59 Å². The second-order valence-electron chi connectivity index (χ2n) is 6.50. The van der Waals surface area contributed by atoms with E-state index in [1.165, 1.54) is 12.5 Å². The number of allylic oxidation sites excluding steroid dienone is 1. The SMILES string of the molecule is O=C(C=Cc1ccccc1Cl)c1ccc(OC(=O)C2CCCCC2)cc1. The van der Waals surface area contributed by atoms with Gasteiger partial charge in [0, 0.05) is 10.6 Å². The molecule has 2 aromatic rings. The molecular weight excluding hydrogens is 348 g/mol. The van der Waals surface area contributed by atoms with E-state index in [2.05, 4.69) is 0 Å². The minimum atomic E-state index is -0.164. The van der Waals surface area contributed by atoms with Crippen LogP contribution in [0.4, 0.5) is 0 Å². The minimum absolute atomic E-state index is 0.00335. The van der Waals surface area contributed by atoms with Crippen molar-refractivity contribution in [2.24, 2.45) is 5.92 Å². The van der Waals surface area contributed by atoms with E-state index < -0.39 is 0 Å². The average molecular weight is 369 g/mol. The molecule has 0 radical (unpaired) electrons. The Morgan fingerprint density at radius 3 is 2.35 bits per heavy atom. The third kappa shape index (κ3) is 4.83. The molecule has 0 saturated heterocycles. The molecule has 0 aromatic heterocycles. The maximum absolute atomic E-state index is 12.3. The summed E-state index contributed by atoms with van der Waals surface area (Å²) in [7, 11) is 0. The summed E-state index contributed by atoms with van der Waals surface area (Å²) in [5.41, 5.74) is 1.33. The van der Waals surface area contributed by atoms with Crippen molar-refractivity contribution in [3.05, 3.63) is 70.8 Å². The molecule has 1 saturated carbocycles. The Labute approximate surface area is 158 Å². The Balaban J connectivity index is 1.60. The summed E-state index contributed by atoms with van der Waals surface area (Å²) in [6.07, 6.45) is 8.37. The summed E-state index contributed by atoms with van der Waals surface area (Å²) < 4.78 is 5.45. The van der Waals surface area contributed by atoms with Gasteiger partial charge in [-0.2, -0.15) is 0 Å². The van der Waals surface area contributed by atoms with Gasteiger partial charge in [-0.05, 0) is 60.9 Å². The Morgan fingerprint density at radius 2 is 1.65 bits per heavy atom. The summed E-state index contributed by atoms with van der Waals surface area (Å²) >= 11 is 6.08. The fourth-order valence-electron chi connectivity index (χ4n) is 3.10. The van der Waals surface area contributed by atoms with Gasteiger partial charge in [0.25, 0.3) is 0 Å². The predicted molar refractivity (Wildman–Crippen MR) is 103 cm³/mol. The highest BCUT2D eigenvalue weighted by molar-refractivity contribution is 6.32. The number of halogens is 1. The molecule has 4 heteroatoms. The third-order valence-electron chi connectivity index (χ3n) is 4.62. The number of benzene rings is 2. The van der Waals surface area contributed by atoms with Crippen LogP contribution >= 0.6 is 11.6 Å². The van der Waals surface area contributed by atoms with Gasteiger partial charge in [0.1, 0.15) is 5.75 Å². The van der Waals surface area contributed by atoms with Crippen molar-refractivity contribution in [1.82, 2.24) is 0 Å². The van der Waals surface area contributed by atoms with Crippen LogP contribution in [0.1, 0.15) is 48.0 Å². The number of ether oxygens (including phenoxy) is 1. The summed E-state index contributed by atoms with van der Waals surface area (Å²) in [6.45, 7) is 0. The number of rotatable bonds is 5. The molecule has 1 fully saturated rings. The number of esters is 1. The molecule has 0 unspecified atom stereocenters. The van der Waals surface area contributed by atoms with E-state index in [1.54, 1.807) is 36.4 Å². The Bertz CT molecular complexity index is 802. The van der Waals surface area contributed by atoms with Crippen LogP contribution in [0.25, 0.3) is 6.08 Å². The van der Waals surface area contributed by atoms with E-state index in [0.29, 0.717) is 16.3 Å². The molecule has 1 aliphatic carbocycles. The first-order valence-electron chi connectivity index (χ1n) is 8.92. The highest BCUT2D eigenvalue weighted by Crippen LogP contribution is 2.26. The lowest BCUT2D eigenvalue weighted by molar-refractivity contribution is -0.139. The standard InChI is InChI=1S/C22H21ClO3/c23-20-9-5-4-6-16(20)12-15-21(24)17-10-13-19(14-11-17)26-22(25)18-7-2-1-3-8-18/h4-6,9-15,18H,1-3,7-8H2. The van der Waals surface area contributed by atoms with Crippen LogP contribution in [0.5, 0.6) is 5.75 Å². The first kappa shape index (κ1) is 18.4. The van der Waals surface area contributed by atoms with Gasteiger partial charge in [0.05, 0.1) is 5.92 Å². The van der Waals surface area contributed by atoms with Crippen molar-refractivity contribution >= 4 is 29.4 Å². The lowest BCUT2D eigenvalue weighted by Gasteiger charge is -2.19. The molecule has 26 heavy (non-hydrogen) atoms. The molecule has 0 atom stereocenters. The Hall–Kier alpha value is -2.39. The topological polar surface area (TPSA) is 43.4 Å². The van der Waals surface area contributed by atoms with E-state index in [-0.39, 0.29) is 17.7 Å². The van der Waals surface area contributed by atoms with E-state index in [4.69, 9.17) is 16.3 Å². The van der Waals surface area contributed by atoms with E-state index in [9.17, 15) is 9.59 Å². The van der Waals surface area contributed by atoms with Crippen LogP contribution in [0.3, 0.4) is 0 Å². The van der Waals surface area contributed by atoms with Crippen molar-refractivity contribution in [2.45, 2.75) is 32.1 Å². The second kappa shape index (κ2) is 8.81. The normalized spacial score (nSPS) is 15.1. The molecule has 134 valence electrons. The Morgan fingerprint density at radius 1 is 0.962 bits per heavy atom. The monoisotopic (exact) mass is 368 g/mol. The first-order chi connectivity index (χ1) is 12.6. The highest BCUT2D eigenvalue weighted by Gasteiger charge is 2.22. The van der Waals surface area contributed by atoms with Crippen LogP contribution in [0, 0.1) is 5.92 Å². The molecule has 0 bridgehead atoms. The third-order valence-corrected chi connectivity index (χ3v) is 4.96. The van der Waals surface area contributed by atoms with Crippen molar-refractivity contribution in [3.8, 4) is 5.75 Å². The first-order valence-corrected chi connectivity index (χ1v) is 9.30. The molecule has 0 N–H and O–H groups in total. The summed E-state index contributed by atoms with van der Waals surface area (Å²) in [6, 6.07) is 14.0. The molecule has 0 heterocycles. The van der Waals surface area contributed by atoms with Gasteiger partial charge < -0.3 is 4.74 Å². The molecular formula is C22H21ClO3. The molecule has 2 aromatic carbocycles. The maximum Gasteiger partial charge on any atom is 0.314 e. The van der Waals surface area contributed by atoms with Crippen LogP contribution in [-0.2, 0) is 4.79 Å². The molecule has 0 spiro atoms. The van der Waals surface area contributed by atoms with Crippen molar-refractivity contribution in [1.29, 1.82) is 0 Å². The Kier molecular flexibility index (Phi) is 6.24. The lowest BCUT2D eigenvalue weighted by atomic mass is 9.89. The van der Waals surface area contributed by atoms with Gasteiger partial charge in [0.15, 0.2) is 5.78 Å². The van der Waals surface area contributed by atoms with E-state index in [0.717, 1.165) is 31.2 Å². The molecule has 3 nitrogen and oxygen atoms in total. The van der Waals surface area contributed by atoms with Crippen molar-refractivity contribution < 1.29 is 14.3 Å². The smallest absolute Gasteiger partial charge is 0.314 e. The number of hydrogen-bond acceptors (Lipinski definition) is 3. The van der Waals surface area contributed by atoms with E-state index >= 15 is 0 Å².